The fourth-order valence-electron chi connectivity index (χ4n) is 4.74. The lowest BCUT2D eigenvalue weighted by molar-refractivity contribution is -0.139. The first-order valence-corrected chi connectivity index (χ1v) is 12.2. The summed E-state index contributed by atoms with van der Waals surface area (Å²) in [5, 5.41) is 0. The predicted molar refractivity (Wildman–Crippen MR) is 129 cm³/mol. The molecule has 2 aliphatic heterocycles. The Bertz CT molecular complexity index is 923. The van der Waals surface area contributed by atoms with Gasteiger partial charge in [-0.3, -0.25) is 9.59 Å². The van der Waals surface area contributed by atoms with Crippen LogP contribution in [0.3, 0.4) is 0 Å². The van der Waals surface area contributed by atoms with Crippen molar-refractivity contribution in [3.63, 3.8) is 0 Å². The Morgan fingerprint density at radius 1 is 0.970 bits per heavy atom. The molecule has 2 heterocycles. The van der Waals surface area contributed by atoms with Gasteiger partial charge in [0.15, 0.2) is 0 Å². The SMILES string of the molecule is CCN1CCN(C(=O)c2ccc(OC3CCN(CCc4ccccc4)CC3)cc2)[C@H](C)C1=O. The van der Waals surface area contributed by atoms with Crippen LogP contribution < -0.4 is 4.74 Å². The number of amides is 2. The minimum Gasteiger partial charge on any atom is -0.490 e. The van der Waals surface area contributed by atoms with E-state index in [1.165, 1.54) is 5.56 Å². The molecule has 0 bridgehead atoms. The molecule has 176 valence electrons. The molecule has 2 fully saturated rings. The number of piperidine rings is 1. The molecule has 0 radical (unpaired) electrons. The quantitative estimate of drug-likeness (QED) is 0.650. The van der Waals surface area contributed by atoms with Crippen LogP contribution in [0.4, 0.5) is 0 Å². The molecular formula is C27H35N3O3. The molecule has 4 rings (SSSR count). The molecule has 0 aromatic heterocycles. The zero-order valence-electron chi connectivity index (χ0n) is 19.8. The molecule has 2 aliphatic rings. The highest BCUT2D eigenvalue weighted by Gasteiger charge is 2.33. The van der Waals surface area contributed by atoms with Gasteiger partial charge in [-0.2, -0.15) is 0 Å². The highest BCUT2D eigenvalue weighted by atomic mass is 16.5. The highest BCUT2D eigenvalue weighted by molar-refractivity contribution is 5.98. The highest BCUT2D eigenvalue weighted by Crippen LogP contribution is 2.22. The van der Waals surface area contributed by atoms with Gasteiger partial charge in [-0.1, -0.05) is 30.3 Å². The Morgan fingerprint density at radius 2 is 1.67 bits per heavy atom. The van der Waals surface area contributed by atoms with E-state index in [2.05, 4.69) is 35.2 Å². The third-order valence-electron chi connectivity index (χ3n) is 6.89. The van der Waals surface area contributed by atoms with Gasteiger partial charge in [0.05, 0.1) is 0 Å². The summed E-state index contributed by atoms with van der Waals surface area (Å²) < 4.78 is 6.20. The van der Waals surface area contributed by atoms with E-state index in [1.54, 1.807) is 9.80 Å². The lowest BCUT2D eigenvalue weighted by Crippen LogP contribution is -2.57. The summed E-state index contributed by atoms with van der Waals surface area (Å²) in [6.07, 6.45) is 3.31. The van der Waals surface area contributed by atoms with Crippen LogP contribution in [-0.2, 0) is 11.2 Å². The van der Waals surface area contributed by atoms with Crippen molar-refractivity contribution in [3.05, 3.63) is 65.7 Å². The summed E-state index contributed by atoms with van der Waals surface area (Å²) in [4.78, 5) is 31.4. The number of ether oxygens (including phenoxy) is 1. The van der Waals surface area contributed by atoms with Crippen molar-refractivity contribution < 1.29 is 14.3 Å². The molecule has 2 aromatic carbocycles. The monoisotopic (exact) mass is 449 g/mol. The molecule has 2 saturated heterocycles. The van der Waals surface area contributed by atoms with Crippen LogP contribution in [0.15, 0.2) is 54.6 Å². The lowest BCUT2D eigenvalue weighted by atomic mass is 10.1. The maximum Gasteiger partial charge on any atom is 0.254 e. The maximum atomic E-state index is 13.0. The smallest absolute Gasteiger partial charge is 0.254 e. The Labute approximate surface area is 197 Å². The van der Waals surface area contributed by atoms with Crippen LogP contribution >= 0.6 is 0 Å². The number of rotatable bonds is 7. The van der Waals surface area contributed by atoms with Crippen molar-refractivity contribution in [1.82, 2.24) is 14.7 Å². The van der Waals surface area contributed by atoms with E-state index in [0.717, 1.165) is 44.6 Å². The van der Waals surface area contributed by atoms with Gasteiger partial charge in [0.25, 0.3) is 5.91 Å². The van der Waals surface area contributed by atoms with Gasteiger partial charge < -0.3 is 19.4 Å². The molecule has 33 heavy (non-hydrogen) atoms. The largest absolute Gasteiger partial charge is 0.490 e. The average Bonchev–Trinajstić information content (AvgIpc) is 2.86. The molecular weight excluding hydrogens is 414 g/mol. The van der Waals surface area contributed by atoms with E-state index in [0.29, 0.717) is 25.2 Å². The van der Waals surface area contributed by atoms with Crippen LogP contribution in [-0.4, -0.2) is 77.9 Å². The van der Waals surface area contributed by atoms with Crippen LogP contribution in [0.25, 0.3) is 0 Å². The second kappa shape index (κ2) is 10.8. The third-order valence-corrected chi connectivity index (χ3v) is 6.89. The van der Waals surface area contributed by atoms with E-state index in [9.17, 15) is 9.59 Å². The van der Waals surface area contributed by atoms with Crippen molar-refractivity contribution in [2.45, 2.75) is 45.3 Å². The molecule has 0 unspecified atom stereocenters. The van der Waals surface area contributed by atoms with Gasteiger partial charge in [-0.05, 0) is 62.9 Å². The van der Waals surface area contributed by atoms with E-state index < -0.39 is 6.04 Å². The summed E-state index contributed by atoms with van der Waals surface area (Å²) in [5.41, 5.74) is 1.99. The summed E-state index contributed by atoms with van der Waals surface area (Å²) in [6, 6.07) is 17.6. The zero-order valence-corrected chi connectivity index (χ0v) is 19.8. The van der Waals surface area contributed by atoms with Gasteiger partial charge in [0.2, 0.25) is 5.91 Å². The summed E-state index contributed by atoms with van der Waals surface area (Å²) in [6.45, 7) is 8.80. The number of hydrogen-bond acceptors (Lipinski definition) is 4. The molecule has 6 heteroatoms. The van der Waals surface area contributed by atoms with Crippen LogP contribution in [0.1, 0.15) is 42.6 Å². The normalized spacial score (nSPS) is 20.2. The number of likely N-dealkylation sites (N-methyl/N-ethyl adjacent to an activating group) is 1. The number of piperazine rings is 1. The van der Waals surface area contributed by atoms with Gasteiger partial charge >= 0.3 is 0 Å². The standard InChI is InChI=1S/C27H35N3O3/c1-3-29-19-20-30(21(2)26(29)31)27(32)23-9-11-24(12-10-23)33-25-14-17-28(18-15-25)16-13-22-7-5-4-6-8-22/h4-12,21,25H,3,13-20H2,1-2H3/t21-/m1/s1. The second-order valence-corrected chi connectivity index (χ2v) is 9.01. The molecule has 0 N–H and O–H groups in total. The number of carbonyl (C=O) groups excluding carboxylic acids is 2. The van der Waals surface area contributed by atoms with Gasteiger partial charge in [0.1, 0.15) is 17.9 Å². The third kappa shape index (κ3) is 5.74. The number of likely N-dealkylation sites (tertiary alicyclic amines) is 1. The first-order chi connectivity index (χ1) is 16.0. The molecule has 0 saturated carbocycles. The van der Waals surface area contributed by atoms with Gasteiger partial charge in [-0.15, -0.1) is 0 Å². The maximum absolute atomic E-state index is 13.0. The number of nitrogens with zero attached hydrogens (tertiary/aromatic N) is 3. The van der Waals surface area contributed by atoms with Gasteiger partial charge in [0, 0.05) is 44.8 Å². The van der Waals surface area contributed by atoms with E-state index in [4.69, 9.17) is 4.74 Å². The van der Waals surface area contributed by atoms with Crippen molar-refractivity contribution in [2.75, 3.05) is 39.3 Å². The van der Waals surface area contributed by atoms with Crippen molar-refractivity contribution in [2.24, 2.45) is 0 Å². The lowest BCUT2D eigenvalue weighted by Gasteiger charge is -2.38. The second-order valence-electron chi connectivity index (χ2n) is 9.01. The van der Waals surface area contributed by atoms with E-state index >= 15 is 0 Å². The fraction of sp³-hybridized carbons (Fsp3) is 0.481. The van der Waals surface area contributed by atoms with E-state index in [-0.39, 0.29) is 17.9 Å². The zero-order chi connectivity index (χ0) is 23.2. The van der Waals surface area contributed by atoms with Crippen molar-refractivity contribution >= 4 is 11.8 Å². The minimum absolute atomic E-state index is 0.0205. The average molecular weight is 450 g/mol. The van der Waals surface area contributed by atoms with E-state index in [1.807, 2.05) is 38.1 Å². The van der Waals surface area contributed by atoms with Gasteiger partial charge in [-0.25, -0.2) is 0 Å². The number of benzene rings is 2. The molecule has 0 aliphatic carbocycles. The Morgan fingerprint density at radius 3 is 2.33 bits per heavy atom. The first kappa shape index (κ1) is 23.3. The van der Waals surface area contributed by atoms with Crippen LogP contribution in [0, 0.1) is 0 Å². The number of carbonyl (C=O) groups is 2. The van der Waals surface area contributed by atoms with Crippen molar-refractivity contribution in [1.29, 1.82) is 0 Å². The summed E-state index contributed by atoms with van der Waals surface area (Å²) >= 11 is 0. The number of hydrogen-bond donors (Lipinski definition) is 0. The first-order valence-electron chi connectivity index (χ1n) is 12.2. The molecule has 0 spiro atoms. The Balaban J connectivity index is 1.24. The molecule has 2 amide bonds. The molecule has 6 nitrogen and oxygen atoms in total. The Kier molecular flexibility index (Phi) is 7.65. The topological polar surface area (TPSA) is 53.1 Å². The van der Waals surface area contributed by atoms with Crippen LogP contribution in [0.5, 0.6) is 5.75 Å². The Hall–Kier alpha value is -2.86. The fourth-order valence-corrected chi connectivity index (χ4v) is 4.74. The molecule has 1 atom stereocenters. The molecule has 2 aromatic rings. The summed E-state index contributed by atoms with van der Waals surface area (Å²) in [5.74, 6) is 0.728. The minimum atomic E-state index is -0.422. The summed E-state index contributed by atoms with van der Waals surface area (Å²) in [7, 11) is 0. The van der Waals surface area contributed by atoms with Crippen LogP contribution in [0.2, 0.25) is 0 Å². The predicted octanol–water partition coefficient (Wildman–Crippen LogP) is 3.47. The van der Waals surface area contributed by atoms with Crippen molar-refractivity contribution in [3.8, 4) is 5.75 Å².